The summed E-state index contributed by atoms with van der Waals surface area (Å²) in [6.07, 6.45) is 0.488. The van der Waals surface area contributed by atoms with Gasteiger partial charge in [-0.15, -0.1) is 0 Å². The van der Waals surface area contributed by atoms with Gasteiger partial charge in [-0.1, -0.05) is 30.3 Å². The maximum absolute atomic E-state index is 12.1. The normalized spacial score (nSPS) is 22.2. The zero-order valence-electron chi connectivity index (χ0n) is 11.0. The lowest BCUT2D eigenvalue weighted by Gasteiger charge is -2.32. The number of carbonyl (C=O) groups excluding carboxylic acids is 1. The Balaban J connectivity index is 2.26. The molecule has 0 aromatic heterocycles. The molecule has 1 aliphatic rings. The van der Waals surface area contributed by atoms with E-state index in [1.165, 1.54) is 0 Å². The summed E-state index contributed by atoms with van der Waals surface area (Å²) in [4.78, 5) is 24.7. The van der Waals surface area contributed by atoms with Crippen LogP contribution >= 0.6 is 0 Å². The van der Waals surface area contributed by atoms with Gasteiger partial charge in [0.25, 0.3) is 0 Å². The summed E-state index contributed by atoms with van der Waals surface area (Å²) in [5, 5.41) is 10.9. The molecule has 1 saturated heterocycles. The molecule has 0 radical (unpaired) electrons. The van der Waals surface area contributed by atoms with Gasteiger partial charge in [-0.25, -0.2) is 0 Å². The Labute approximate surface area is 112 Å². The molecule has 1 aromatic carbocycles. The third kappa shape index (κ3) is 3.38. The number of piperidine rings is 1. The molecule has 2 rings (SSSR count). The van der Waals surface area contributed by atoms with E-state index in [9.17, 15) is 14.9 Å². The molecule has 102 valence electrons. The van der Waals surface area contributed by atoms with Crippen LogP contribution < -0.4 is 0 Å². The number of hydrogen-bond donors (Lipinski definition) is 0. The van der Waals surface area contributed by atoms with E-state index >= 15 is 0 Å². The first-order valence-corrected chi connectivity index (χ1v) is 6.46. The van der Waals surface area contributed by atoms with E-state index in [1.807, 2.05) is 37.4 Å². The second-order valence-corrected chi connectivity index (χ2v) is 5.12. The largest absolute Gasteiger partial charge is 0.305 e. The molecule has 0 amide bonds. The Morgan fingerprint density at radius 2 is 2.11 bits per heavy atom. The van der Waals surface area contributed by atoms with Crippen molar-refractivity contribution in [3.8, 4) is 0 Å². The highest BCUT2D eigenvalue weighted by Gasteiger charge is 2.36. The molecule has 1 aromatic rings. The maximum atomic E-state index is 12.1. The molecule has 2 atom stereocenters. The Hall–Kier alpha value is -1.75. The lowest BCUT2D eigenvalue weighted by atomic mass is 9.80. The van der Waals surface area contributed by atoms with Gasteiger partial charge in [0.15, 0.2) is 0 Å². The lowest BCUT2D eigenvalue weighted by Crippen LogP contribution is -2.42. The summed E-state index contributed by atoms with van der Waals surface area (Å²) in [5.74, 6) is -0.452. The third-order valence-corrected chi connectivity index (χ3v) is 3.72. The predicted molar refractivity (Wildman–Crippen MR) is 71.7 cm³/mol. The summed E-state index contributed by atoms with van der Waals surface area (Å²) in [6, 6.07) is 9.34. The van der Waals surface area contributed by atoms with Gasteiger partial charge in [-0.3, -0.25) is 14.9 Å². The van der Waals surface area contributed by atoms with Crippen molar-refractivity contribution in [3.63, 3.8) is 0 Å². The highest BCUT2D eigenvalue weighted by atomic mass is 16.6. The van der Waals surface area contributed by atoms with Crippen LogP contribution in [-0.2, 0) is 4.79 Å². The molecule has 19 heavy (non-hydrogen) atoms. The average Bonchev–Trinajstić information content (AvgIpc) is 2.40. The first-order chi connectivity index (χ1) is 9.08. The van der Waals surface area contributed by atoms with Crippen LogP contribution in [0.5, 0.6) is 0 Å². The minimum absolute atomic E-state index is 0.147. The van der Waals surface area contributed by atoms with Crippen LogP contribution in [0.15, 0.2) is 30.3 Å². The average molecular weight is 262 g/mol. The fraction of sp³-hybridized carbons (Fsp3) is 0.500. The first-order valence-electron chi connectivity index (χ1n) is 6.46. The van der Waals surface area contributed by atoms with Crippen LogP contribution in [0, 0.1) is 16.0 Å². The van der Waals surface area contributed by atoms with Crippen molar-refractivity contribution < 1.29 is 9.72 Å². The number of hydrogen-bond acceptors (Lipinski definition) is 4. The van der Waals surface area contributed by atoms with Crippen molar-refractivity contribution in [1.29, 1.82) is 0 Å². The van der Waals surface area contributed by atoms with E-state index in [0.29, 0.717) is 13.0 Å². The molecule has 0 aliphatic carbocycles. The molecule has 1 aliphatic heterocycles. The van der Waals surface area contributed by atoms with Crippen molar-refractivity contribution in [2.24, 2.45) is 5.92 Å². The number of benzene rings is 1. The molecule has 0 spiro atoms. The van der Waals surface area contributed by atoms with Crippen LogP contribution in [0.3, 0.4) is 0 Å². The fourth-order valence-electron chi connectivity index (χ4n) is 2.69. The fourth-order valence-corrected chi connectivity index (χ4v) is 2.69. The minimum Gasteiger partial charge on any atom is -0.305 e. The molecule has 5 nitrogen and oxygen atoms in total. The summed E-state index contributed by atoms with van der Waals surface area (Å²) >= 11 is 0. The second-order valence-electron chi connectivity index (χ2n) is 5.12. The van der Waals surface area contributed by atoms with Gasteiger partial charge in [0, 0.05) is 30.4 Å². The second kappa shape index (κ2) is 5.93. The van der Waals surface area contributed by atoms with Gasteiger partial charge in [0.1, 0.15) is 5.78 Å². The van der Waals surface area contributed by atoms with Crippen molar-refractivity contribution in [2.45, 2.75) is 12.3 Å². The number of ketones is 1. The van der Waals surface area contributed by atoms with Crippen molar-refractivity contribution in [3.05, 3.63) is 46.0 Å². The smallest absolute Gasteiger partial charge is 0.211 e. The highest BCUT2D eigenvalue weighted by Crippen LogP contribution is 2.29. The molecule has 5 heteroatoms. The third-order valence-electron chi connectivity index (χ3n) is 3.72. The molecule has 0 saturated carbocycles. The zero-order valence-corrected chi connectivity index (χ0v) is 11.0. The molecule has 0 N–H and O–H groups in total. The Kier molecular flexibility index (Phi) is 4.27. The minimum atomic E-state index is -0.327. The molecular formula is C14H18N2O3. The quantitative estimate of drug-likeness (QED) is 0.610. The van der Waals surface area contributed by atoms with Crippen LogP contribution in [-0.4, -0.2) is 42.3 Å². The molecule has 0 unspecified atom stereocenters. The van der Waals surface area contributed by atoms with E-state index in [1.54, 1.807) is 0 Å². The van der Waals surface area contributed by atoms with Gasteiger partial charge >= 0.3 is 0 Å². The number of rotatable bonds is 4. The summed E-state index contributed by atoms with van der Waals surface area (Å²) in [7, 11) is 1.95. The molecule has 0 bridgehead atoms. The van der Waals surface area contributed by atoms with Gasteiger partial charge in [0.05, 0.1) is 5.92 Å². The van der Waals surface area contributed by atoms with E-state index in [-0.39, 0.29) is 29.1 Å². The van der Waals surface area contributed by atoms with Crippen molar-refractivity contribution >= 4 is 5.78 Å². The monoisotopic (exact) mass is 262 g/mol. The molecular weight excluding hydrogens is 244 g/mol. The standard InChI is InChI=1S/C14H18N2O3/c1-15-8-7-14(17)13(9-15)12(10-16(18)19)11-5-3-2-4-6-11/h2-6,12-13H,7-10H2,1H3/t12-,13-/m0/s1. The van der Waals surface area contributed by atoms with E-state index in [4.69, 9.17) is 0 Å². The Bertz CT molecular complexity index is 461. The van der Waals surface area contributed by atoms with Crippen LogP contribution in [0.4, 0.5) is 0 Å². The van der Waals surface area contributed by atoms with Crippen LogP contribution in [0.1, 0.15) is 17.9 Å². The van der Waals surface area contributed by atoms with E-state index in [2.05, 4.69) is 4.90 Å². The number of likely N-dealkylation sites (tertiary alicyclic amines) is 1. The predicted octanol–water partition coefficient (Wildman–Crippen LogP) is 1.57. The van der Waals surface area contributed by atoms with Gasteiger partial charge in [-0.05, 0) is 12.6 Å². The van der Waals surface area contributed by atoms with Crippen molar-refractivity contribution in [2.75, 3.05) is 26.7 Å². The number of carbonyl (C=O) groups is 1. The van der Waals surface area contributed by atoms with Gasteiger partial charge in [0.2, 0.25) is 6.54 Å². The first kappa shape index (κ1) is 13.7. The number of Topliss-reactive ketones (excluding diaryl/α,β-unsaturated/α-hetero) is 1. The molecule has 1 heterocycles. The summed E-state index contributed by atoms with van der Waals surface area (Å²) < 4.78 is 0. The highest BCUT2D eigenvalue weighted by molar-refractivity contribution is 5.83. The zero-order chi connectivity index (χ0) is 13.8. The summed E-state index contributed by atoms with van der Waals surface area (Å²) in [6.45, 7) is 1.16. The van der Waals surface area contributed by atoms with Crippen molar-refractivity contribution in [1.82, 2.24) is 4.90 Å². The van der Waals surface area contributed by atoms with Crippen LogP contribution in [0.2, 0.25) is 0 Å². The van der Waals surface area contributed by atoms with E-state index in [0.717, 1.165) is 12.1 Å². The Morgan fingerprint density at radius 3 is 2.74 bits per heavy atom. The maximum Gasteiger partial charge on any atom is 0.211 e. The lowest BCUT2D eigenvalue weighted by molar-refractivity contribution is -0.484. The molecule has 1 fully saturated rings. The SMILES string of the molecule is CN1CCC(=O)[C@H]([C@@H](C[N+](=O)[O-])c2ccccc2)C1. The summed E-state index contributed by atoms with van der Waals surface area (Å²) in [5.41, 5.74) is 0.882. The van der Waals surface area contributed by atoms with Gasteiger partial charge in [-0.2, -0.15) is 0 Å². The number of nitrogens with zero attached hydrogens (tertiary/aromatic N) is 2. The number of nitro groups is 1. The Morgan fingerprint density at radius 1 is 1.42 bits per heavy atom. The topological polar surface area (TPSA) is 63.5 Å². The van der Waals surface area contributed by atoms with E-state index < -0.39 is 0 Å². The van der Waals surface area contributed by atoms with Gasteiger partial charge < -0.3 is 4.90 Å². The van der Waals surface area contributed by atoms with Crippen LogP contribution in [0.25, 0.3) is 0 Å².